The van der Waals surface area contributed by atoms with Crippen molar-refractivity contribution in [3.63, 3.8) is 0 Å². The van der Waals surface area contributed by atoms with Crippen molar-refractivity contribution in [2.75, 3.05) is 13.2 Å². The van der Waals surface area contributed by atoms with Crippen LogP contribution in [0.2, 0.25) is 0 Å². The minimum absolute atomic E-state index is 0.243. The van der Waals surface area contributed by atoms with Gasteiger partial charge >= 0.3 is 0 Å². The Bertz CT molecular complexity index is 308. The lowest BCUT2D eigenvalue weighted by atomic mass is 9.96. The molecule has 0 bridgehead atoms. The number of hydrogen-bond acceptors (Lipinski definition) is 2. The lowest BCUT2D eigenvalue weighted by Gasteiger charge is -2.26. The van der Waals surface area contributed by atoms with Crippen molar-refractivity contribution in [2.45, 2.75) is 12.5 Å². The van der Waals surface area contributed by atoms with Gasteiger partial charge in [0.1, 0.15) is 5.82 Å². The van der Waals surface area contributed by atoms with Gasteiger partial charge in [0.15, 0.2) is 0 Å². The van der Waals surface area contributed by atoms with Gasteiger partial charge < -0.3 is 9.84 Å². The molecule has 0 aromatic heterocycles. The van der Waals surface area contributed by atoms with Gasteiger partial charge in [-0.1, -0.05) is 12.1 Å². The molecule has 0 atom stereocenters. The first-order valence-electron chi connectivity index (χ1n) is 4.28. The summed E-state index contributed by atoms with van der Waals surface area (Å²) < 4.78 is 18.2. The topological polar surface area (TPSA) is 29.5 Å². The standard InChI is InChI=1S/C10H11FO2/c11-10-3-7(9-5-13-6-9)1-2-8(10)4-12/h1-3,9,12H,4-6H2. The smallest absolute Gasteiger partial charge is 0.128 e. The maximum absolute atomic E-state index is 13.2. The number of rotatable bonds is 2. The second-order valence-corrected chi connectivity index (χ2v) is 3.24. The summed E-state index contributed by atoms with van der Waals surface area (Å²) in [6.45, 7) is 1.11. The first-order valence-corrected chi connectivity index (χ1v) is 4.28. The van der Waals surface area contributed by atoms with E-state index in [0.29, 0.717) is 24.7 Å². The number of hydrogen-bond donors (Lipinski definition) is 1. The fourth-order valence-corrected chi connectivity index (χ4v) is 1.37. The van der Waals surface area contributed by atoms with Crippen LogP contribution in [0.3, 0.4) is 0 Å². The predicted molar refractivity (Wildman–Crippen MR) is 45.9 cm³/mol. The molecule has 1 saturated heterocycles. The number of benzene rings is 1. The van der Waals surface area contributed by atoms with Crippen LogP contribution in [0.15, 0.2) is 18.2 Å². The van der Waals surface area contributed by atoms with Gasteiger partial charge in [-0.25, -0.2) is 4.39 Å². The highest BCUT2D eigenvalue weighted by molar-refractivity contribution is 5.27. The molecular weight excluding hydrogens is 171 g/mol. The normalized spacial score (nSPS) is 17.1. The average molecular weight is 182 g/mol. The van der Waals surface area contributed by atoms with Gasteiger partial charge in [0.25, 0.3) is 0 Å². The maximum Gasteiger partial charge on any atom is 0.128 e. The molecule has 1 aliphatic heterocycles. The van der Waals surface area contributed by atoms with E-state index in [-0.39, 0.29) is 12.4 Å². The number of aliphatic hydroxyl groups excluding tert-OH is 1. The lowest BCUT2D eigenvalue weighted by Crippen LogP contribution is -2.25. The fraction of sp³-hybridized carbons (Fsp3) is 0.400. The van der Waals surface area contributed by atoms with E-state index in [2.05, 4.69) is 0 Å². The molecule has 1 fully saturated rings. The third kappa shape index (κ3) is 1.57. The Morgan fingerprint density at radius 1 is 1.46 bits per heavy atom. The molecule has 3 heteroatoms. The molecule has 1 aromatic rings. The van der Waals surface area contributed by atoms with Gasteiger partial charge in [0.2, 0.25) is 0 Å². The van der Waals surface area contributed by atoms with Gasteiger partial charge in [-0.2, -0.15) is 0 Å². The Morgan fingerprint density at radius 2 is 2.23 bits per heavy atom. The SMILES string of the molecule is OCc1ccc(C2COC2)cc1F. The van der Waals surface area contributed by atoms with Crippen molar-refractivity contribution >= 4 is 0 Å². The van der Waals surface area contributed by atoms with E-state index < -0.39 is 0 Å². The summed E-state index contributed by atoms with van der Waals surface area (Å²) in [7, 11) is 0. The molecule has 1 aromatic carbocycles. The molecule has 1 heterocycles. The summed E-state index contributed by atoms with van der Waals surface area (Å²) in [4.78, 5) is 0. The second-order valence-electron chi connectivity index (χ2n) is 3.24. The summed E-state index contributed by atoms with van der Waals surface area (Å²) in [6, 6.07) is 4.96. The van der Waals surface area contributed by atoms with Gasteiger partial charge in [0.05, 0.1) is 19.8 Å². The molecule has 0 aliphatic carbocycles. The second kappa shape index (κ2) is 3.44. The molecule has 2 rings (SSSR count). The van der Waals surface area contributed by atoms with E-state index in [1.54, 1.807) is 6.07 Å². The van der Waals surface area contributed by atoms with Crippen molar-refractivity contribution < 1.29 is 14.2 Å². The first-order chi connectivity index (χ1) is 6.31. The van der Waals surface area contributed by atoms with Gasteiger partial charge in [-0.05, 0) is 11.6 Å². The third-order valence-corrected chi connectivity index (χ3v) is 2.36. The quantitative estimate of drug-likeness (QED) is 0.749. The number of aliphatic hydroxyl groups is 1. The fourth-order valence-electron chi connectivity index (χ4n) is 1.37. The summed E-state index contributed by atoms with van der Waals surface area (Å²) >= 11 is 0. The van der Waals surface area contributed by atoms with Crippen LogP contribution in [0.1, 0.15) is 17.0 Å². The zero-order valence-corrected chi connectivity index (χ0v) is 7.16. The zero-order chi connectivity index (χ0) is 9.26. The van der Waals surface area contributed by atoms with Crippen LogP contribution in [0.5, 0.6) is 0 Å². The van der Waals surface area contributed by atoms with Crippen LogP contribution >= 0.6 is 0 Å². The summed E-state index contributed by atoms with van der Waals surface area (Å²) in [5.74, 6) is 0.00847. The first kappa shape index (κ1) is 8.66. The van der Waals surface area contributed by atoms with Gasteiger partial charge in [0, 0.05) is 11.5 Å². The molecule has 1 N–H and O–H groups in total. The van der Waals surface area contributed by atoms with Crippen LogP contribution in [0.4, 0.5) is 4.39 Å². The average Bonchev–Trinajstić information content (AvgIpc) is 2.01. The van der Waals surface area contributed by atoms with E-state index in [4.69, 9.17) is 9.84 Å². The Kier molecular flexibility index (Phi) is 2.29. The highest BCUT2D eigenvalue weighted by Crippen LogP contribution is 2.25. The highest BCUT2D eigenvalue weighted by Gasteiger charge is 2.21. The molecule has 0 saturated carbocycles. The van der Waals surface area contributed by atoms with E-state index in [9.17, 15) is 4.39 Å². The van der Waals surface area contributed by atoms with Crippen LogP contribution in [0.25, 0.3) is 0 Å². The molecule has 0 spiro atoms. The van der Waals surface area contributed by atoms with Crippen molar-refractivity contribution in [1.82, 2.24) is 0 Å². The van der Waals surface area contributed by atoms with E-state index in [0.717, 1.165) is 5.56 Å². The summed E-state index contributed by atoms with van der Waals surface area (Å²) in [5.41, 5.74) is 1.31. The van der Waals surface area contributed by atoms with E-state index in [1.165, 1.54) is 6.07 Å². The van der Waals surface area contributed by atoms with Gasteiger partial charge in [-0.15, -0.1) is 0 Å². The lowest BCUT2D eigenvalue weighted by molar-refractivity contribution is 0.00830. The third-order valence-electron chi connectivity index (χ3n) is 2.36. The number of ether oxygens (including phenoxy) is 1. The van der Waals surface area contributed by atoms with Crippen molar-refractivity contribution in [3.8, 4) is 0 Å². The van der Waals surface area contributed by atoms with E-state index >= 15 is 0 Å². The van der Waals surface area contributed by atoms with E-state index in [1.807, 2.05) is 6.07 Å². The molecule has 13 heavy (non-hydrogen) atoms. The van der Waals surface area contributed by atoms with Crippen LogP contribution in [0, 0.1) is 5.82 Å². The zero-order valence-electron chi connectivity index (χ0n) is 7.16. The largest absolute Gasteiger partial charge is 0.392 e. The Hall–Kier alpha value is -0.930. The molecule has 0 amide bonds. The van der Waals surface area contributed by atoms with Crippen molar-refractivity contribution in [3.05, 3.63) is 35.1 Å². The molecule has 0 radical (unpaired) electrons. The Morgan fingerprint density at radius 3 is 2.69 bits per heavy atom. The van der Waals surface area contributed by atoms with Crippen LogP contribution < -0.4 is 0 Å². The minimum Gasteiger partial charge on any atom is -0.392 e. The summed E-state index contributed by atoms with van der Waals surface area (Å²) in [5, 5.41) is 8.75. The molecule has 2 nitrogen and oxygen atoms in total. The minimum atomic E-state index is -0.327. The van der Waals surface area contributed by atoms with Crippen LogP contribution in [-0.4, -0.2) is 18.3 Å². The predicted octanol–water partition coefficient (Wildman–Crippen LogP) is 1.43. The Labute approximate surface area is 76.0 Å². The molecular formula is C10H11FO2. The molecule has 70 valence electrons. The molecule has 1 aliphatic rings. The van der Waals surface area contributed by atoms with Gasteiger partial charge in [-0.3, -0.25) is 0 Å². The Balaban J connectivity index is 2.24. The van der Waals surface area contributed by atoms with Crippen molar-refractivity contribution in [1.29, 1.82) is 0 Å². The van der Waals surface area contributed by atoms with Crippen LogP contribution in [-0.2, 0) is 11.3 Å². The number of halogens is 1. The molecule has 0 unspecified atom stereocenters. The maximum atomic E-state index is 13.2. The van der Waals surface area contributed by atoms with Crippen molar-refractivity contribution in [2.24, 2.45) is 0 Å². The highest BCUT2D eigenvalue weighted by atomic mass is 19.1. The summed E-state index contributed by atoms with van der Waals surface area (Å²) in [6.07, 6.45) is 0. The monoisotopic (exact) mass is 182 g/mol.